The lowest BCUT2D eigenvalue weighted by atomic mass is 9.83. The van der Waals surface area contributed by atoms with Gasteiger partial charge in [0, 0.05) is 0 Å². The van der Waals surface area contributed by atoms with E-state index in [1.807, 2.05) is 0 Å². The third kappa shape index (κ3) is 6.29. The first-order valence-corrected chi connectivity index (χ1v) is 12.5. The summed E-state index contributed by atoms with van der Waals surface area (Å²) in [4.78, 5) is 38.1. The Kier molecular flexibility index (Phi) is 8.66. The van der Waals surface area contributed by atoms with Crippen molar-refractivity contribution >= 4 is 23.5 Å². The van der Waals surface area contributed by atoms with Crippen LogP contribution in [0.15, 0.2) is 53.7 Å². The number of rotatable bonds is 9. The van der Waals surface area contributed by atoms with Crippen LogP contribution in [0.4, 0.5) is 4.39 Å². The molecule has 1 heterocycles. The number of aromatic hydroxyl groups is 1. The van der Waals surface area contributed by atoms with Crippen LogP contribution in [-0.2, 0) is 14.3 Å². The van der Waals surface area contributed by atoms with Gasteiger partial charge >= 0.3 is 5.97 Å². The molecule has 2 amide bonds. The molecule has 11 heteroatoms. The molecule has 1 unspecified atom stereocenters. The predicted octanol–water partition coefficient (Wildman–Crippen LogP) is 3.25. The van der Waals surface area contributed by atoms with E-state index in [0.29, 0.717) is 5.75 Å². The van der Waals surface area contributed by atoms with Gasteiger partial charge in [-0.05, 0) is 60.6 Å². The SMILES string of the molecule is COC(=O)CNC(=O)C(NC(=O)c1cc(-c2c(O)cccc2OC)n(C2=C=C=C(F)C=C2)n1)C1CCCCC1. The van der Waals surface area contributed by atoms with E-state index in [4.69, 9.17) is 4.74 Å². The van der Waals surface area contributed by atoms with E-state index in [1.54, 1.807) is 12.1 Å². The Labute approximate surface area is 224 Å². The summed E-state index contributed by atoms with van der Waals surface area (Å²) in [5, 5.41) is 20.4. The van der Waals surface area contributed by atoms with Gasteiger partial charge in [-0.2, -0.15) is 9.49 Å². The molecule has 4 rings (SSSR count). The smallest absolute Gasteiger partial charge is 0.325 e. The Morgan fingerprint density at radius 3 is 2.62 bits per heavy atom. The number of phenolic OH excluding ortho intramolecular Hbond substituents is 1. The normalized spacial score (nSPS) is 15.7. The van der Waals surface area contributed by atoms with Crippen LogP contribution in [0.2, 0.25) is 0 Å². The average Bonchev–Trinajstić information content (AvgIpc) is 3.40. The molecule has 1 saturated carbocycles. The van der Waals surface area contributed by atoms with Crippen molar-refractivity contribution in [2.45, 2.75) is 38.1 Å². The standard InChI is InChI=1S/C28H29FN4O6/c1-38-23-10-6-9-22(34)25(23)21-15-20(32-33(21)19-13-11-18(29)12-14-19)27(36)31-26(17-7-4-3-5-8-17)28(37)30-16-24(35)39-2/h6,9-11,13,15,17,26,34H,3-5,7-8,16H2,1-2H3,(H,30,37)(H,31,36). The van der Waals surface area contributed by atoms with Gasteiger partial charge in [-0.1, -0.05) is 25.3 Å². The summed E-state index contributed by atoms with van der Waals surface area (Å²) in [5.74, 6) is -2.31. The summed E-state index contributed by atoms with van der Waals surface area (Å²) in [6, 6.07) is 5.23. The largest absolute Gasteiger partial charge is 0.507 e. The molecule has 0 saturated heterocycles. The number of phenols is 1. The molecule has 1 fully saturated rings. The van der Waals surface area contributed by atoms with E-state index in [1.165, 1.54) is 43.2 Å². The average molecular weight is 537 g/mol. The number of allylic oxidation sites excluding steroid dienone is 4. The first-order valence-electron chi connectivity index (χ1n) is 12.5. The van der Waals surface area contributed by atoms with E-state index in [0.717, 1.165) is 32.1 Å². The van der Waals surface area contributed by atoms with Crippen molar-refractivity contribution in [2.24, 2.45) is 5.92 Å². The lowest BCUT2D eigenvalue weighted by Gasteiger charge is -2.29. The Morgan fingerprint density at radius 2 is 1.95 bits per heavy atom. The fourth-order valence-electron chi connectivity index (χ4n) is 4.71. The minimum Gasteiger partial charge on any atom is -0.507 e. The summed E-state index contributed by atoms with van der Waals surface area (Å²) in [5.41, 5.74) is 5.72. The number of halogens is 1. The van der Waals surface area contributed by atoms with Gasteiger partial charge in [0.15, 0.2) is 11.5 Å². The number of carbonyl (C=O) groups excluding carboxylic acids is 3. The molecule has 2 aliphatic carbocycles. The number of esters is 1. The molecule has 2 aromatic rings. The molecular weight excluding hydrogens is 507 g/mol. The quantitative estimate of drug-likeness (QED) is 0.331. The number of amides is 2. The van der Waals surface area contributed by atoms with Crippen LogP contribution >= 0.6 is 0 Å². The fraction of sp³-hybridized carbons (Fsp3) is 0.357. The van der Waals surface area contributed by atoms with E-state index in [-0.39, 0.29) is 40.9 Å². The highest BCUT2D eigenvalue weighted by atomic mass is 19.1. The van der Waals surface area contributed by atoms with Gasteiger partial charge in [0.25, 0.3) is 5.91 Å². The maximum Gasteiger partial charge on any atom is 0.325 e. The second-order valence-corrected chi connectivity index (χ2v) is 9.14. The summed E-state index contributed by atoms with van der Waals surface area (Å²) in [7, 11) is 2.66. The van der Waals surface area contributed by atoms with Crippen LogP contribution in [-0.4, -0.2) is 59.5 Å². The molecule has 3 N–H and O–H groups in total. The molecule has 0 bridgehead atoms. The van der Waals surface area contributed by atoms with E-state index >= 15 is 0 Å². The molecule has 0 spiro atoms. The van der Waals surface area contributed by atoms with Gasteiger partial charge in [-0.25, -0.2) is 4.68 Å². The number of nitrogens with one attached hydrogen (secondary N) is 2. The Bertz CT molecular complexity index is 1410. The van der Waals surface area contributed by atoms with Crippen molar-refractivity contribution in [3.05, 3.63) is 59.4 Å². The van der Waals surface area contributed by atoms with Crippen molar-refractivity contribution in [1.82, 2.24) is 20.4 Å². The molecule has 1 aromatic carbocycles. The predicted molar refractivity (Wildman–Crippen MR) is 139 cm³/mol. The van der Waals surface area contributed by atoms with Crippen LogP contribution < -0.4 is 15.4 Å². The Balaban J connectivity index is 1.72. The van der Waals surface area contributed by atoms with Gasteiger partial charge in [0.05, 0.1) is 25.5 Å². The van der Waals surface area contributed by atoms with Crippen LogP contribution in [0.5, 0.6) is 11.5 Å². The highest BCUT2D eigenvalue weighted by Gasteiger charge is 2.32. The zero-order chi connectivity index (χ0) is 27.9. The third-order valence-corrected chi connectivity index (χ3v) is 6.67. The van der Waals surface area contributed by atoms with Crippen molar-refractivity contribution in [3.63, 3.8) is 0 Å². The van der Waals surface area contributed by atoms with E-state index in [2.05, 4.69) is 31.9 Å². The Morgan fingerprint density at radius 1 is 1.18 bits per heavy atom. The fourth-order valence-corrected chi connectivity index (χ4v) is 4.71. The van der Waals surface area contributed by atoms with Gasteiger partial charge in [0.2, 0.25) is 5.91 Å². The zero-order valence-electron chi connectivity index (χ0n) is 21.6. The van der Waals surface area contributed by atoms with Crippen LogP contribution in [0, 0.1) is 5.92 Å². The maximum atomic E-state index is 13.6. The highest BCUT2D eigenvalue weighted by molar-refractivity contribution is 5.98. The van der Waals surface area contributed by atoms with Crippen LogP contribution in [0.25, 0.3) is 17.0 Å². The second kappa shape index (κ2) is 12.3. The van der Waals surface area contributed by atoms with Crippen molar-refractivity contribution in [3.8, 4) is 22.8 Å². The summed E-state index contributed by atoms with van der Waals surface area (Å²) >= 11 is 0. The summed E-state index contributed by atoms with van der Waals surface area (Å²) < 4.78 is 24.9. The van der Waals surface area contributed by atoms with Crippen LogP contribution in [0.1, 0.15) is 42.6 Å². The monoisotopic (exact) mass is 536 g/mol. The highest BCUT2D eigenvalue weighted by Crippen LogP contribution is 2.39. The van der Waals surface area contributed by atoms with Crippen molar-refractivity contribution < 1.29 is 33.4 Å². The molecule has 1 aromatic heterocycles. The summed E-state index contributed by atoms with van der Waals surface area (Å²) in [6.45, 7) is -0.322. The molecular formula is C28H29FN4O6. The minimum atomic E-state index is -0.901. The van der Waals surface area contributed by atoms with Gasteiger partial charge < -0.3 is 25.2 Å². The molecule has 1 atom stereocenters. The number of hydrogen-bond donors (Lipinski definition) is 3. The molecule has 39 heavy (non-hydrogen) atoms. The summed E-state index contributed by atoms with van der Waals surface area (Å²) in [6.07, 6.45) is 6.94. The van der Waals surface area contributed by atoms with Crippen molar-refractivity contribution in [2.75, 3.05) is 20.8 Å². The molecule has 204 valence electrons. The second-order valence-electron chi connectivity index (χ2n) is 9.14. The Hall–Kier alpha value is -4.59. The number of nitrogens with zero attached hydrogens (tertiary/aromatic N) is 2. The maximum absolute atomic E-state index is 13.6. The number of carbonyl (C=O) groups is 3. The van der Waals surface area contributed by atoms with E-state index in [9.17, 15) is 23.9 Å². The van der Waals surface area contributed by atoms with Crippen molar-refractivity contribution in [1.29, 1.82) is 0 Å². The third-order valence-electron chi connectivity index (χ3n) is 6.67. The minimum absolute atomic E-state index is 0.0605. The van der Waals surface area contributed by atoms with Gasteiger partial charge in [-0.3, -0.25) is 14.4 Å². The molecule has 0 radical (unpaired) electrons. The first-order chi connectivity index (χ1) is 18.8. The number of ether oxygens (including phenoxy) is 2. The van der Waals surface area contributed by atoms with Gasteiger partial charge in [0.1, 0.15) is 29.8 Å². The number of methoxy groups -OCH3 is 2. The van der Waals surface area contributed by atoms with E-state index < -0.39 is 29.7 Å². The first kappa shape index (κ1) is 27.4. The molecule has 10 nitrogen and oxygen atoms in total. The zero-order valence-corrected chi connectivity index (χ0v) is 21.6. The van der Waals surface area contributed by atoms with Gasteiger partial charge in [-0.15, -0.1) is 0 Å². The lowest BCUT2D eigenvalue weighted by molar-refractivity contribution is -0.141. The molecule has 0 aliphatic heterocycles. The van der Waals surface area contributed by atoms with Crippen LogP contribution in [0.3, 0.4) is 0 Å². The number of hydrogen-bond acceptors (Lipinski definition) is 7. The topological polar surface area (TPSA) is 132 Å². The lowest BCUT2D eigenvalue weighted by Crippen LogP contribution is -2.52. The number of benzene rings is 1. The number of aromatic nitrogens is 2. The molecule has 2 aliphatic rings.